The molecule has 1 fully saturated rings. The van der Waals surface area contributed by atoms with E-state index in [9.17, 15) is 4.79 Å². The average molecular weight is 241 g/mol. The molecule has 5 nitrogen and oxygen atoms in total. The van der Waals surface area contributed by atoms with Crippen LogP contribution in [0, 0.1) is 0 Å². The number of hydrogen-bond donors (Lipinski definition) is 2. The molecule has 1 aromatic heterocycles. The number of nitrogens with zero attached hydrogens (tertiary/aromatic N) is 2. The van der Waals surface area contributed by atoms with Gasteiger partial charge in [0.05, 0.1) is 12.2 Å². The van der Waals surface area contributed by atoms with E-state index in [-0.39, 0.29) is 11.9 Å². The van der Waals surface area contributed by atoms with E-state index < -0.39 is 0 Å². The molecule has 2 rings (SSSR count). The van der Waals surface area contributed by atoms with Crippen molar-refractivity contribution < 1.29 is 4.79 Å². The van der Waals surface area contributed by atoms with E-state index in [2.05, 4.69) is 10.3 Å². The summed E-state index contributed by atoms with van der Waals surface area (Å²) in [5.74, 6) is -0.0956. The van der Waals surface area contributed by atoms with Gasteiger partial charge in [-0.3, -0.25) is 9.69 Å². The molecule has 0 radical (unpaired) electrons. The zero-order valence-corrected chi connectivity index (χ0v) is 9.44. The molecule has 16 heavy (non-hydrogen) atoms. The molecule has 1 aliphatic heterocycles. The first-order chi connectivity index (χ1) is 7.65. The van der Waals surface area contributed by atoms with E-state index in [1.165, 1.54) is 0 Å². The molecule has 2 heterocycles. The van der Waals surface area contributed by atoms with Crippen molar-refractivity contribution >= 4 is 23.2 Å². The van der Waals surface area contributed by atoms with Gasteiger partial charge in [0.1, 0.15) is 0 Å². The van der Waals surface area contributed by atoms with Gasteiger partial charge in [0, 0.05) is 25.3 Å². The Morgan fingerprint density at radius 1 is 1.69 bits per heavy atom. The highest BCUT2D eigenvalue weighted by atomic mass is 35.5. The second-order valence-corrected chi connectivity index (χ2v) is 4.20. The first kappa shape index (κ1) is 11.3. The highest BCUT2D eigenvalue weighted by Crippen LogP contribution is 2.17. The summed E-state index contributed by atoms with van der Waals surface area (Å²) in [7, 11) is 0. The van der Waals surface area contributed by atoms with E-state index in [1.807, 2.05) is 4.90 Å². The summed E-state index contributed by atoms with van der Waals surface area (Å²) >= 11 is 5.82. The Hall–Kier alpha value is -1.17. The highest BCUT2D eigenvalue weighted by Gasteiger charge is 2.24. The molecule has 0 aromatic carbocycles. The fourth-order valence-electron chi connectivity index (χ4n) is 1.61. The van der Waals surface area contributed by atoms with Crippen molar-refractivity contribution in [2.24, 2.45) is 5.73 Å². The molecule has 1 saturated heterocycles. The van der Waals surface area contributed by atoms with Crippen LogP contribution in [0.3, 0.4) is 0 Å². The van der Waals surface area contributed by atoms with Crippen LogP contribution in [-0.2, 0) is 4.79 Å². The lowest BCUT2D eigenvalue weighted by atomic mass is 10.1. The highest BCUT2D eigenvalue weighted by molar-refractivity contribution is 6.32. The maximum absolute atomic E-state index is 11.6. The molecule has 1 amide bonds. The predicted molar refractivity (Wildman–Crippen MR) is 62.3 cm³/mol. The molecule has 1 aromatic rings. The molecule has 1 aliphatic rings. The standard InChI is InChI=1S/C10H13ClN4O/c11-10-8(2-1-3-13-10)14-9(16)6-15-4-7(12)5-15/h1-3,7H,4-6,12H2,(H,14,16). The molecular weight excluding hydrogens is 228 g/mol. The van der Waals surface area contributed by atoms with Crippen molar-refractivity contribution in [1.29, 1.82) is 0 Å². The second kappa shape index (κ2) is 4.78. The lowest BCUT2D eigenvalue weighted by Gasteiger charge is -2.36. The molecule has 6 heteroatoms. The molecular formula is C10H13ClN4O. The van der Waals surface area contributed by atoms with E-state index in [4.69, 9.17) is 17.3 Å². The lowest BCUT2D eigenvalue weighted by Crippen LogP contribution is -2.57. The summed E-state index contributed by atoms with van der Waals surface area (Å²) in [6.45, 7) is 1.89. The maximum Gasteiger partial charge on any atom is 0.238 e. The van der Waals surface area contributed by atoms with Gasteiger partial charge in [0.15, 0.2) is 5.15 Å². The van der Waals surface area contributed by atoms with Gasteiger partial charge in [-0.05, 0) is 12.1 Å². The van der Waals surface area contributed by atoms with Gasteiger partial charge in [-0.1, -0.05) is 11.6 Å². The number of carbonyl (C=O) groups excluding carboxylic acids is 1. The Kier molecular flexibility index (Phi) is 3.38. The minimum Gasteiger partial charge on any atom is -0.325 e. The number of rotatable bonds is 3. The van der Waals surface area contributed by atoms with Crippen molar-refractivity contribution in [3.05, 3.63) is 23.5 Å². The van der Waals surface area contributed by atoms with Crippen LogP contribution in [0.25, 0.3) is 0 Å². The first-order valence-corrected chi connectivity index (χ1v) is 5.41. The number of pyridine rings is 1. The van der Waals surface area contributed by atoms with Crippen LogP contribution < -0.4 is 11.1 Å². The van der Waals surface area contributed by atoms with Crippen LogP contribution in [0.1, 0.15) is 0 Å². The van der Waals surface area contributed by atoms with Crippen LogP contribution in [0.15, 0.2) is 18.3 Å². The van der Waals surface area contributed by atoms with Crippen molar-refractivity contribution in [3.63, 3.8) is 0 Å². The number of amides is 1. The molecule has 0 aliphatic carbocycles. The van der Waals surface area contributed by atoms with Crippen molar-refractivity contribution in [3.8, 4) is 0 Å². The van der Waals surface area contributed by atoms with Gasteiger partial charge in [0.2, 0.25) is 5.91 Å². The van der Waals surface area contributed by atoms with Crippen LogP contribution >= 0.6 is 11.6 Å². The minimum absolute atomic E-state index is 0.0956. The third kappa shape index (κ3) is 2.69. The summed E-state index contributed by atoms with van der Waals surface area (Å²) in [5, 5.41) is 3.01. The van der Waals surface area contributed by atoms with Crippen LogP contribution in [0.5, 0.6) is 0 Å². The fourth-order valence-corrected chi connectivity index (χ4v) is 1.78. The summed E-state index contributed by atoms with van der Waals surface area (Å²) < 4.78 is 0. The maximum atomic E-state index is 11.6. The smallest absolute Gasteiger partial charge is 0.238 e. The van der Waals surface area contributed by atoms with Gasteiger partial charge in [-0.15, -0.1) is 0 Å². The van der Waals surface area contributed by atoms with Crippen molar-refractivity contribution in [2.45, 2.75) is 6.04 Å². The van der Waals surface area contributed by atoms with Gasteiger partial charge in [-0.2, -0.15) is 0 Å². The van der Waals surface area contributed by atoms with Crippen molar-refractivity contribution in [2.75, 3.05) is 25.0 Å². The van der Waals surface area contributed by atoms with E-state index in [1.54, 1.807) is 18.3 Å². The SMILES string of the molecule is NC1CN(CC(=O)Nc2cccnc2Cl)C1. The van der Waals surface area contributed by atoms with Crippen LogP contribution in [0.4, 0.5) is 5.69 Å². The van der Waals surface area contributed by atoms with E-state index in [0.717, 1.165) is 13.1 Å². The predicted octanol–water partition coefficient (Wildman–Crippen LogP) is 0.316. The topological polar surface area (TPSA) is 71.2 Å². The number of nitrogens with one attached hydrogen (secondary N) is 1. The summed E-state index contributed by atoms with van der Waals surface area (Å²) in [6, 6.07) is 3.64. The number of hydrogen-bond acceptors (Lipinski definition) is 4. The van der Waals surface area contributed by atoms with Gasteiger partial charge >= 0.3 is 0 Å². The number of halogens is 1. The largest absolute Gasteiger partial charge is 0.325 e. The molecule has 0 saturated carbocycles. The minimum atomic E-state index is -0.0956. The monoisotopic (exact) mass is 240 g/mol. The first-order valence-electron chi connectivity index (χ1n) is 5.03. The quantitative estimate of drug-likeness (QED) is 0.747. The molecule has 86 valence electrons. The molecule has 3 N–H and O–H groups in total. The van der Waals surface area contributed by atoms with Crippen LogP contribution in [0.2, 0.25) is 5.15 Å². The van der Waals surface area contributed by atoms with Crippen LogP contribution in [-0.4, -0.2) is 41.5 Å². The summed E-state index contributed by atoms with van der Waals surface area (Å²) in [5.41, 5.74) is 6.16. The normalized spacial score (nSPS) is 16.9. The van der Waals surface area contributed by atoms with Gasteiger partial charge in [0.25, 0.3) is 0 Å². The third-order valence-electron chi connectivity index (χ3n) is 2.39. The number of likely N-dealkylation sites (tertiary alicyclic amines) is 1. The fraction of sp³-hybridized carbons (Fsp3) is 0.400. The average Bonchev–Trinajstić information content (AvgIpc) is 2.19. The Morgan fingerprint density at radius 3 is 3.06 bits per heavy atom. The lowest BCUT2D eigenvalue weighted by molar-refractivity contribution is -0.118. The summed E-state index contributed by atoms with van der Waals surface area (Å²) in [4.78, 5) is 17.4. The van der Waals surface area contributed by atoms with Gasteiger partial charge < -0.3 is 11.1 Å². The Balaban J connectivity index is 1.85. The summed E-state index contributed by atoms with van der Waals surface area (Å²) in [6.07, 6.45) is 1.58. The van der Waals surface area contributed by atoms with Crippen molar-refractivity contribution in [1.82, 2.24) is 9.88 Å². The zero-order valence-electron chi connectivity index (χ0n) is 8.69. The number of aromatic nitrogens is 1. The second-order valence-electron chi connectivity index (χ2n) is 3.84. The zero-order chi connectivity index (χ0) is 11.5. The molecule has 0 spiro atoms. The molecule has 0 unspecified atom stereocenters. The molecule has 0 atom stereocenters. The Labute approximate surface area is 98.6 Å². The van der Waals surface area contributed by atoms with E-state index >= 15 is 0 Å². The third-order valence-corrected chi connectivity index (χ3v) is 2.69. The Bertz CT molecular complexity index is 392. The number of nitrogens with two attached hydrogens (primary N) is 1. The number of carbonyl (C=O) groups is 1. The molecule has 0 bridgehead atoms. The Morgan fingerprint density at radius 2 is 2.44 bits per heavy atom. The van der Waals surface area contributed by atoms with Gasteiger partial charge in [-0.25, -0.2) is 4.98 Å². The number of anilines is 1. The van der Waals surface area contributed by atoms with E-state index in [0.29, 0.717) is 17.4 Å².